The minimum Gasteiger partial charge on any atom is -0.477 e. The number of nitrogens with one attached hydrogen (secondary N) is 2. The summed E-state index contributed by atoms with van der Waals surface area (Å²) in [5.41, 5.74) is 5.86. The van der Waals surface area contributed by atoms with Crippen molar-refractivity contribution in [2.24, 2.45) is 23.9 Å². The smallest absolute Gasteiger partial charge is 0.280 e. The second-order valence-electron chi connectivity index (χ2n) is 12.4. The lowest BCUT2D eigenvalue weighted by Gasteiger charge is -2.30. The largest absolute Gasteiger partial charge is 0.477 e. The Balaban J connectivity index is 1.23. The summed E-state index contributed by atoms with van der Waals surface area (Å²) in [6.07, 6.45) is 8.53. The van der Waals surface area contributed by atoms with Gasteiger partial charge in [0, 0.05) is 36.6 Å². The van der Waals surface area contributed by atoms with Crippen molar-refractivity contribution in [3.8, 4) is 17.1 Å². The van der Waals surface area contributed by atoms with E-state index < -0.39 is 0 Å². The van der Waals surface area contributed by atoms with Gasteiger partial charge >= 0.3 is 0 Å². The van der Waals surface area contributed by atoms with E-state index in [-0.39, 0.29) is 5.91 Å². The van der Waals surface area contributed by atoms with E-state index in [9.17, 15) is 4.79 Å². The molecule has 2 aromatic heterocycles. The van der Waals surface area contributed by atoms with Crippen molar-refractivity contribution in [3.05, 3.63) is 47.8 Å². The van der Waals surface area contributed by atoms with Gasteiger partial charge in [-0.05, 0) is 108 Å². The molecule has 7 rings (SSSR count). The van der Waals surface area contributed by atoms with Gasteiger partial charge in [-0.3, -0.25) is 9.78 Å². The monoisotopic (exact) mass is 568 g/mol. The van der Waals surface area contributed by atoms with Crippen LogP contribution >= 0.6 is 0 Å². The number of hydrogen-bond acceptors (Lipinski definition) is 8. The first kappa shape index (κ1) is 26.9. The molecule has 1 atom stereocenters. The third kappa shape index (κ3) is 5.47. The van der Waals surface area contributed by atoms with Crippen LogP contribution in [0.3, 0.4) is 0 Å². The molecular formula is C32H40N8O2. The van der Waals surface area contributed by atoms with Gasteiger partial charge in [0.25, 0.3) is 5.91 Å². The zero-order valence-corrected chi connectivity index (χ0v) is 24.8. The van der Waals surface area contributed by atoms with Crippen LogP contribution in [0.25, 0.3) is 11.3 Å². The van der Waals surface area contributed by atoms with E-state index in [0.29, 0.717) is 47.6 Å². The number of aromatic nitrogens is 3. The van der Waals surface area contributed by atoms with Gasteiger partial charge in [-0.15, -0.1) is 0 Å². The number of pyridine rings is 1. The second kappa shape index (κ2) is 11.1. The average Bonchev–Trinajstić information content (AvgIpc) is 3.68. The number of aliphatic imine (C=N–C) groups is 1. The summed E-state index contributed by atoms with van der Waals surface area (Å²) >= 11 is 0. The van der Waals surface area contributed by atoms with Crippen LogP contribution in [0.5, 0.6) is 5.88 Å². The fourth-order valence-corrected chi connectivity index (χ4v) is 6.58. The average molecular weight is 569 g/mol. The Kier molecular flexibility index (Phi) is 7.09. The molecule has 0 unspecified atom stereocenters. The molecule has 10 nitrogen and oxygen atoms in total. The summed E-state index contributed by atoms with van der Waals surface area (Å²) in [5, 5.41) is 11.7. The molecule has 10 heteroatoms. The van der Waals surface area contributed by atoms with E-state index >= 15 is 0 Å². The van der Waals surface area contributed by atoms with Crippen molar-refractivity contribution in [2.45, 2.75) is 51.5 Å². The van der Waals surface area contributed by atoms with E-state index in [0.717, 1.165) is 73.6 Å². The Bertz CT molecular complexity index is 1520. The fourth-order valence-electron chi connectivity index (χ4n) is 6.58. The number of ether oxygens (including phenoxy) is 1. The summed E-state index contributed by atoms with van der Waals surface area (Å²) in [4.78, 5) is 27.7. The fraction of sp³-hybridized carbons (Fsp3) is 0.500. The Hall–Kier alpha value is -3.92. The van der Waals surface area contributed by atoms with Gasteiger partial charge in [0.1, 0.15) is 0 Å². The number of hydrogen-bond donors (Lipinski definition) is 2. The van der Waals surface area contributed by atoms with Crippen LogP contribution < -0.4 is 20.3 Å². The van der Waals surface area contributed by atoms with Gasteiger partial charge in [-0.2, -0.15) is 10.1 Å². The summed E-state index contributed by atoms with van der Waals surface area (Å²) in [6.45, 7) is 5.54. The molecule has 3 aromatic rings. The number of anilines is 3. The van der Waals surface area contributed by atoms with E-state index in [4.69, 9.17) is 14.7 Å². The van der Waals surface area contributed by atoms with Crippen LogP contribution in [0, 0.1) is 18.8 Å². The zero-order chi connectivity index (χ0) is 28.8. The molecule has 1 aliphatic carbocycles. The van der Waals surface area contributed by atoms with Crippen molar-refractivity contribution in [1.29, 1.82) is 0 Å². The molecule has 1 saturated heterocycles. The maximum Gasteiger partial charge on any atom is 0.280 e. The molecule has 1 aromatic carbocycles. The number of nitrogens with zero attached hydrogens (tertiary/aromatic N) is 6. The topological polar surface area (TPSA) is 99.9 Å². The predicted molar refractivity (Wildman–Crippen MR) is 165 cm³/mol. The highest BCUT2D eigenvalue weighted by molar-refractivity contribution is 6.19. The molecule has 0 spiro atoms. The predicted octanol–water partition coefficient (Wildman–Crippen LogP) is 4.92. The maximum absolute atomic E-state index is 13.7. The zero-order valence-electron chi connectivity index (χ0n) is 24.8. The molecule has 2 bridgehead atoms. The molecule has 3 aliphatic heterocycles. The number of piperidine rings is 1. The van der Waals surface area contributed by atoms with Gasteiger partial charge in [-0.1, -0.05) is 0 Å². The van der Waals surface area contributed by atoms with Crippen molar-refractivity contribution in [3.63, 3.8) is 0 Å². The Labute approximate surface area is 247 Å². The van der Waals surface area contributed by atoms with Gasteiger partial charge in [0.05, 0.1) is 35.4 Å². The number of guanidine groups is 1. The molecule has 42 heavy (non-hydrogen) atoms. The van der Waals surface area contributed by atoms with Crippen molar-refractivity contribution < 1.29 is 9.53 Å². The van der Waals surface area contributed by atoms with Crippen LogP contribution in [-0.4, -0.2) is 70.9 Å². The van der Waals surface area contributed by atoms with E-state index in [1.807, 2.05) is 14.0 Å². The third-order valence-electron chi connectivity index (χ3n) is 9.11. The molecule has 4 aliphatic rings. The standard InChI is InChI=1S/C32H40N8O2/c1-20-15-23-16-27(34-20)26-18-33-39(3)31(26)42-14-4-5-22(21-6-7-21)19-40-29-9-8-25(35-24-10-12-38(2)13-11-24)17-28(29)36-32(40)37-30(23)41/h8-9,15-18,21-22,24,35H,4-7,10-14,19H2,1-3H3,(H,36,37,41)/t22-/m1/s1. The van der Waals surface area contributed by atoms with Gasteiger partial charge in [0.2, 0.25) is 11.8 Å². The third-order valence-corrected chi connectivity index (χ3v) is 9.11. The number of likely N-dealkylation sites (tertiary alicyclic amines) is 1. The summed E-state index contributed by atoms with van der Waals surface area (Å²) in [6, 6.07) is 10.6. The van der Waals surface area contributed by atoms with Gasteiger partial charge in [-0.25, -0.2) is 4.68 Å². The molecule has 0 radical (unpaired) electrons. The molecule has 2 fully saturated rings. The van der Waals surface area contributed by atoms with Crippen LogP contribution in [0.1, 0.15) is 54.6 Å². The first-order valence-electron chi connectivity index (χ1n) is 15.3. The van der Waals surface area contributed by atoms with E-state index in [1.54, 1.807) is 23.0 Å². The lowest BCUT2D eigenvalue weighted by molar-refractivity contribution is 0.100. The number of aryl methyl sites for hydroxylation is 2. The highest BCUT2D eigenvalue weighted by Crippen LogP contribution is 2.43. The van der Waals surface area contributed by atoms with Crippen molar-refractivity contribution in [1.82, 2.24) is 19.7 Å². The second-order valence-corrected chi connectivity index (χ2v) is 12.4. The minimum atomic E-state index is -0.295. The number of fused-ring (bicyclic) bond motifs is 7. The first-order valence-corrected chi connectivity index (χ1v) is 15.3. The Morgan fingerprint density at radius 1 is 1.02 bits per heavy atom. The number of carbonyl (C=O) groups excluding carboxylic acids is 1. The molecular weight excluding hydrogens is 528 g/mol. The maximum atomic E-state index is 13.7. The van der Waals surface area contributed by atoms with Gasteiger partial charge < -0.3 is 25.2 Å². The highest BCUT2D eigenvalue weighted by Gasteiger charge is 2.36. The Morgan fingerprint density at radius 3 is 2.67 bits per heavy atom. The van der Waals surface area contributed by atoms with E-state index in [2.05, 4.69) is 50.8 Å². The summed E-state index contributed by atoms with van der Waals surface area (Å²) in [7, 11) is 4.06. The van der Waals surface area contributed by atoms with Crippen molar-refractivity contribution >= 4 is 28.9 Å². The quantitative estimate of drug-likeness (QED) is 0.459. The van der Waals surface area contributed by atoms with Crippen LogP contribution in [-0.2, 0) is 7.05 Å². The SMILES string of the molecule is Cc1cc2cc(n1)-c1cnn(C)c1OCCC[C@@H](C1CC1)CN1/C(=N/C2=O)Nc2cc(NC3CCN(C)CC3)ccc21. The van der Waals surface area contributed by atoms with Crippen LogP contribution in [0.2, 0.25) is 0 Å². The molecule has 1 amide bonds. The first-order chi connectivity index (χ1) is 20.4. The molecule has 2 N–H and O–H groups in total. The number of benzene rings is 1. The lowest BCUT2D eigenvalue weighted by Crippen LogP contribution is -2.36. The normalized spacial score (nSPS) is 22.9. The van der Waals surface area contributed by atoms with Crippen molar-refractivity contribution in [2.75, 3.05) is 48.8 Å². The summed E-state index contributed by atoms with van der Waals surface area (Å²) < 4.78 is 8.02. The van der Waals surface area contributed by atoms with Crippen LogP contribution in [0.15, 0.2) is 41.5 Å². The number of carbonyl (C=O) groups is 1. The molecule has 1 saturated carbocycles. The lowest BCUT2D eigenvalue weighted by atomic mass is 9.97. The number of amides is 1. The van der Waals surface area contributed by atoms with E-state index in [1.165, 1.54) is 12.8 Å². The molecule has 220 valence electrons. The molecule has 5 heterocycles. The minimum absolute atomic E-state index is 0.295. The van der Waals surface area contributed by atoms with Gasteiger partial charge in [0.15, 0.2) is 0 Å². The number of rotatable bonds is 3. The Morgan fingerprint density at radius 2 is 1.86 bits per heavy atom. The van der Waals surface area contributed by atoms with Crippen LogP contribution in [0.4, 0.5) is 17.1 Å². The summed E-state index contributed by atoms with van der Waals surface area (Å²) in [5.74, 6) is 2.16. The highest BCUT2D eigenvalue weighted by atomic mass is 16.5.